The molecule has 1 aromatic heterocycles. The summed E-state index contributed by atoms with van der Waals surface area (Å²) >= 11 is 3.29. The quantitative estimate of drug-likeness (QED) is 0.491. The van der Waals surface area contributed by atoms with Crippen LogP contribution in [0.25, 0.3) is 5.69 Å². The van der Waals surface area contributed by atoms with Gasteiger partial charge >= 0.3 is 0 Å². The number of halogens is 1. The van der Waals surface area contributed by atoms with E-state index in [-0.39, 0.29) is 10.6 Å². The molecule has 1 aliphatic carbocycles. The summed E-state index contributed by atoms with van der Waals surface area (Å²) in [5, 5.41) is 15.9. The fourth-order valence-corrected chi connectivity index (χ4v) is 2.53. The zero-order chi connectivity index (χ0) is 13.4. The molecule has 1 aromatic carbocycles. The molecule has 0 radical (unpaired) electrons. The first-order valence-corrected chi connectivity index (χ1v) is 7.20. The van der Waals surface area contributed by atoms with Crippen LogP contribution in [-0.2, 0) is 5.33 Å². The lowest BCUT2D eigenvalue weighted by Gasteiger charge is -2.04. The van der Waals surface area contributed by atoms with Gasteiger partial charge in [0.25, 0.3) is 5.69 Å². The second kappa shape index (κ2) is 4.77. The van der Waals surface area contributed by atoms with E-state index in [1.165, 1.54) is 18.9 Å². The Labute approximate surface area is 118 Å². The standard InChI is InChI=1S/C13H12BrN3O2/c14-8-10-7-11(3-4-13(10)17(18)19)16-6-5-12(15-16)9-1-2-9/h3-7,9H,1-2,8H2. The van der Waals surface area contributed by atoms with Crippen LogP contribution in [0.1, 0.15) is 30.0 Å². The zero-order valence-corrected chi connectivity index (χ0v) is 11.7. The van der Waals surface area contributed by atoms with Crippen LogP contribution in [-0.4, -0.2) is 14.7 Å². The minimum Gasteiger partial charge on any atom is -0.258 e. The Bertz CT molecular complexity index is 635. The van der Waals surface area contributed by atoms with Gasteiger partial charge in [0.15, 0.2) is 0 Å². The minimum atomic E-state index is -0.362. The predicted molar refractivity (Wildman–Crippen MR) is 74.8 cm³/mol. The van der Waals surface area contributed by atoms with Crippen molar-refractivity contribution in [2.24, 2.45) is 0 Å². The summed E-state index contributed by atoms with van der Waals surface area (Å²) in [6.07, 6.45) is 4.33. The Morgan fingerprint density at radius 3 is 2.84 bits per heavy atom. The molecule has 0 unspecified atom stereocenters. The molecule has 2 aromatic rings. The lowest BCUT2D eigenvalue weighted by molar-refractivity contribution is -0.385. The maximum atomic E-state index is 10.9. The summed E-state index contributed by atoms with van der Waals surface area (Å²) in [7, 11) is 0. The molecule has 0 bridgehead atoms. The van der Waals surface area contributed by atoms with Crippen molar-refractivity contribution >= 4 is 21.6 Å². The molecule has 0 amide bonds. The second-order valence-electron chi connectivity index (χ2n) is 4.66. The Kier molecular flexibility index (Phi) is 3.10. The molecular formula is C13H12BrN3O2. The Hall–Kier alpha value is -1.69. The number of alkyl halides is 1. The van der Waals surface area contributed by atoms with E-state index in [4.69, 9.17) is 0 Å². The van der Waals surface area contributed by atoms with Crippen LogP contribution in [0, 0.1) is 10.1 Å². The van der Waals surface area contributed by atoms with Gasteiger partial charge in [0.05, 0.1) is 16.3 Å². The number of aromatic nitrogens is 2. The van der Waals surface area contributed by atoms with Crippen molar-refractivity contribution in [2.75, 3.05) is 0 Å². The SMILES string of the molecule is O=[N+]([O-])c1ccc(-n2ccc(C3CC3)n2)cc1CBr. The highest BCUT2D eigenvalue weighted by Gasteiger charge is 2.26. The van der Waals surface area contributed by atoms with E-state index in [0.29, 0.717) is 16.8 Å². The molecule has 1 fully saturated rings. The van der Waals surface area contributed by atoms with E-state index in [9.17, 15) is 10.1 Å². The smallest absolute Gasteiger partial charge is 0.258 e. The van der Waals surface area contributed by atoms with Gasteiger partial charge < -0.3 is 0 Å². The van der Waals surface area contributed by atoms with Crippen LogP contribution >= 0.6 is 15.9 Å². The third kappa shape index (κ3) is 2.40. The summed E-state index contributed by atoms with van der Waals surface area (Å²) in [6.45, 7) is 0. The highest BCUT2D eigenvalue weighted by Crippen LogP contribution is 2.39. The fraction of sp³-hybridized carbons (Fsp3) is 0.308. The predicted octanol–water partition coefficient (Wildman–Crippen LogP) is 3.55. The average Bonchev–Trinajstić information content (AvgIpc) is 3.15. The van der Waals surface area contributed by atoms with Gasteiger partial charge in [-0.05, 0) is 31.0 Å². The zero-order valence-electron chi connectivity index (χ0n) is 10.1. The van der Waals surface area contributed by atoms with Gasteiger partial charge in [0.1, 0.15) is 0 Å². The van der Waals surface area contributed by atoms with Gasteiger partial charge in [-0.3, -0.25) is 10.1 Å². The average molecular weight is 322 g/mol. The summed E-state index contributed by atoms with van der Waals surface area (Å²) < 4.78 is 1.78. The van der Waals surface area contributed by atoms with E-state index in [1.807, 2.05) is 12.3 Å². The van der Waals surface area contributed by atoms with Gasteiger partial charge in [0.2, 0.25) is 0 Å². The molecule has 6 heteroatoms. The molecule has 0 N–H and O–H groups in total. The molecule has 0 saturated heterocycles. The van der Waals surface area contributed by atoms with E-state index in [1.54, 1.807) is 16.8 Å². The van der Waals surface area contributed by atoms with Crippen LogP contribution in [0.4, 0.5) is 5.69 Å². The third-order valence-electron chi connectivity index (χ3n) is 3.27. The van der Waals surface area contributed by atoms with Crippen molar-refractivity contribution in [1.29, 1.82) is 0 Å². The monoisotopic (exact) mass is 321 g/mol. The molecule has 98 valence electrons. The van der Waals surface area contributed by atoms with Crippen molar-refractivity contribution in [1.82, 2.24) is 9.78 Å². The van der Waals surface area contributed by atoms with Crippen molar-refractivity contribution < 1.29 is 4.92 Å². The lowest BCUT2D eigenvalue weighted by Crippen LogP contribution is -1.99. The van der Waals surface area contributed by atoms with E-state index in [2.05, 4.69) is 21.0 Å². The summed E-state index contributed by atoms with van der Waals surface area (Å²) in [5.74, 6) is 0.606. The maximum absolute atomic E-state index is 10.9. The normalized spacial score (nSPS) is 14.6. The number of rotatable bonds is 4. The van der Waals surface area contributed by atoms with Gasteiger partial charge in [0, 0.05) is 29.1 Å². The first-order chi connectivity index (χ1) is 9.19. The molecule has 19 heavy (non-hydrogen) atoms. The maximum Gasteiger partial charge on any atom is 0.273 e. The Morgan fingerprint density at radius 2 is 2.21 bits per heavy atom. The molecule has 3 rings (SSSR count). The Morgan fingerprint density at radius 1 is 1.42 bits per heavy atom. The van der Waals surface area contributed by atoms with Crippen molar-refractivity contribution in [3.63, 3.8) is 0 Å². The second-order valence-corrected chi connectivity index (χ2v) is 5.22. The van der Waals surface area contributed by atoms with Gasteiger partial charge in [-0.25, -0.2) is 4.68 Å². The van der Waals surface area contributed by atoms with E-state index < -0.39 is 0 Å². The number of benzene rings is 1. The molecule has 1 aliphatic rings. The molecule has 0 atom stereocenters. The number of hydrogen-bond donors (Lipinski definition) is 0. The highest BCUT2D eigenvalue weighted by atomic mass is 79.9. The molecule has 0 spiro atoms. The number of nitrogens with zero attached hydrogens (tertiary/aromatic N) is 3. The number of nitro benzene ring substituents is 1. The van der Waals surface area contributed by atoms with Crippen LogP contribution < -0.4 is 0 Å². The van der Waals surface area contributed by atoms with Crippen molar-refractivity contribution in [2.45, 2.75) is 24.1 Å². The molecular weight excluding hydrogens is 310 g/mol. The molecule has 0 aliphatic heterocycles. The summed E-state index contributed by atoms with van der Waals surface area (Å²) in [4.78, 5) is 10.5. The minimum absolute atomic E-state index is 0.134. The van der Waals surface area contributed by atoms with Crippen molar-refractivity contribution in [3.8, 4) is 5.69 Å². The fourth-order valence-electron chi connectivity index (χ4n) is 2.08. The Balaban J connectivity index is 1.97. The third-order valence-corrected chi connectivity index (χ3v) is 3.88. The first kappa shape index (κ1) is 12.3. The largest absolute Gasteiger partial charge is 0.273 e. The molecule has 1 heterocycles. The lowest BCUT2D eigenvalue weighted by atomic mass is 10.2. The number of nitro groups is 1. The van der Waals surface area contributed by atoms with Crippen LogP contribution in [0.5, 0.6) is 0 Å². The van der Waals surface area contributed by atoms with Crippen LogP contribution in [0.2, 0.25) is 0 Å². The summed E-state index contributed by atoms with van der Waals surface area (Å²) in [6, 6.07) is 7.09. The van der Waals surface area contributed by atoms with E-state index in [0.717, 1.165) is 11.4 Å². The highest BCUT2D eigenvalue weighted by molar-refractivity contribution is 9.08. The topological polar surface area (TPSA) is 61.0 Å². The number of hydrogen-bond acceptors (Lipinski definition) is 3. The first-order valence-electron chi connectivity index (χ1n) is 6.08. The van der Waals surface area contributed by atoms with Crippen LogP contribution in [0.15, 0.2) is 30.5 Å². The van der Waals surface area contributed by atoms with Gasteiger partial charge in [-0.1, -0.05) is 15.9 Å². The van der Waals surface area contributed by atoms with Gasteiger partial charge in [-0.15, -0.1) is 0 Å². The molecule has 5 nitrogen and oxygen atoms in total. The molecule has 1 saturated carbocycles. The van der Waals surface area contributed by atoms with E-state index >= 15 is 0 Å². The summed E-state index contributed by atoms with van der Waals surface area (Å²) in [5.41, 5.74) is 2.76. The van der Waals surface area contributed by atoms with Crippen molar-refractivity contribution in [3.05, 3.63) is 51.8 Å². The van der Waals surface area contributed by atoms with Crippen LogP contribution in [0.3, 0.4) is 0 Å². The van der Waals surface area contributed by atoms with Gasteiger partial charge in [-0.2, -0.15) is 5.10 Å².